The van der Waals surface area contributed by atoms with E-state index in [0.29, 0.717) is 16.6 Å². The van der Waals surface area contributed by atoms with E-state index in [1.807, 2.05) is 6.92 Å². The number of nitrogens with two attached hydrogens (primary N) is 1. The van der Waals surface area contributed by atoms with Gasteiger partial charge in [-0.25, -0.2) is 4.98 Å². The van der Waals surface area contributed by atoms with Crippen LogP contribution in [0, 0.1) is 6.92 Å². The summed E-state index contributed by atoms with van der Waals surface area (Å²) in [6.07, 6.45) is 1.41. The molecule has 0 amide bonds. The Morgan fingerprint density at radius 2 is 2.19 bits per heavy atom. The Morgan fingerprint density at radius 3 is 2.81 bits per heavy atom. The maximum atomic E-state index is 5.83. The zero-order valence-electron chi connectivity index (χ0n) is 8.67. The van der Waals surface area contributed by atoms with Crippen LogP contribution in [0.4, 0.5) is 5.69 Å². The second kappa shape index (κ2) is 4.62. The Bertz CT molecular complexity index is 501. The van der Waals surface area contributed by atoms with Crippen LogP contribution in [0.5, 0.6) is 5.88 Å². The van der Waals surface area contributed by atoms with E-state index in [9.17, 15) is 0 Å². The van der Waals surface area contributed by atoms with Gasteiger partial charge in [0.15, 0.2) is 4.34 Å². The van der Waals surface area contributed by atoms with Gasteiger partial charge in [0.05, 0.1) is 7.11 Å². The van der Waals surface area contributed by atoms with Crippen molar-refractivity contribution >= 4 is 28.8 Å². The normalized spacial score (nSPS) is 10.4. The topological polar surface area (TPSA) is 86.8 Å². The number of hydrogen-bond donors (Lipinski definition) is 1. The quantitative estimate of drug-likeness (QED) is 0.829. The summed E-state index contributed by atoms with van der Waals surface area (Å²) in [4.78, 5) is 7.98. The monoisotopic (exact) mass is 255 g/mol. The highest BCUT2D eigenvalue weighted by molar-refractivity contribution is 8.01. The summed E-state index contributed by atoms with van der Waals surface area (Å²) < 4.78 is 5.80. The third-order valence-corrected chi connectivity index (χ3v) is 3.60. The number of methoxy groups -OCH3 is 1. The van der Waals surface area contributed by atoms with Crippen molar-refractivity contribution in [3.05, 3.63) is 11.3 Å². The first kappa shape index (κ1) is 11.1. The molecular formula is C8H9N5OS2. The molecule has 8 heteroatoms. The molecular weight excluding hydrogens is 246 g/mol. The summed E-state index contributed by atoms with van der Waals surface area (Å²) in [5, 5.41) is 9.43. The van der Waals surface area contributed by atoms with Gasteiger partial charge in [0.1, 0.15) is 22.0 Å². The molecule has 0 atom stereocenters. The minimum Gasteiger partial charge on any atom is -0.479 e. The molecule has 0 spiro atoms. The number of nitrogen functional groups attached to an aromatic ring is 1. The molecule has 0 fully saturated rings. The third-order valence-electron chi connectivity index (χ3n) is 1.70. The van der Waals surface area contributed by atoms with E-state index < -0.39 is 0 Å². The fourth-order valence-electron chi connectivity index (χ4n) is 1.01. The largest absolute Gasteiger partial charge is 0.479 e. The highest BCUT2D eigenvalue weighted by Gasteiger charge is 2.12. The summed E-state index contributed by atoms with van der Waals surface area (Å²) in [6.45, 7) is 1.89. The van der Waals surface area contributed by atoms with Crippen LogP contribution in [0.3, 0.4) is 0 Å². The molecule has 0 aromatic carbocycles. The average molecular weight is 255 g/mol. The fraction of sp³-hybridized carbons (Fsp3) is 0.250. The van der Waals surface area contributed by atoms with Crippen LogP contribution < -0.4 is 10.5 Å². The summed E-state index contributed by atoms with van der Waals surface area (Å²) in [6, 6.07) is 0. The zero-order chi connectivity index (χ0) is 11.5. The van der Waals surface area contributed by atoms with Gasteiger partial charge in [-0.1, -0.05) is 11.3 Å². The van der Waals surface area contributed by atoms with Crippen LogP contribution in [-0.4, -0.2) is 27.3 Å². The van der Waals surface area contributed by atoms with Crippen LogP contribution in [0.25, 0.3) is 0 Å². The summed E-state index contributed by atoms with van der Waals surface area (Å²) in [7, 11) is 1.52. The van der Waals surface area contributed by atoms with Crippen molar-refractivity contribution in [3.8, 4) is 5.88 Å². The Morgan fingerprint density at radius 1 is 1.38 bits per heavy atom. The maximum absolute atomic E-state index is 5.83. The van der Waals surface area contributed by atoms with Crippen molar-refractivity contribution < 1.29 is 4.74 Å². The lowest BCUT2D eigenvalue weighted by Gasteiger charge is -2.05. The number of nitrogens with zero attached hydrogens (tertiary/aromatic N) is 4. The molecule has 2 N–H and O–H groups in total. The molecule has 0 aliphatic heterocycles. The first-order valence-electron chi connectivity index (χ1n) is 4.33. The molecule has 2 rings (SSSR count). The molecule has 0 bridgehead atoms. The predicted octanol–water partition coefficient (Wildman–Crippen LogP) is 1.38. The van der Waals surface area contributed by atoms with Gasteiger partial charge in [-0.15, -0.1) is 10.2 Å². The van der Waals surface area contributed by atoms with Crippen molar-refractivity contribution in [3.63, 3.8) is 0 Å². The highest BCUT2D eigenvalue weighted by Crippen LogP contribution is 2.34. The van der Waals surface area contributed by atoms with E-state index in [1.165, 1.54) is 36.5 Å². The van der Waals surface area contributed by atoms with E-state index in [1.54, 1.807) is 0 Å². The lowest BCUT2D eigenvalue weighted by atomic mass is 10.5. The predicted molar refractivity (Wildman–Crippen MR) is 61.8 cm³/mol. The number of aryl methyl sites for hydroxylation is 1. The van der Waals surface area contributed by atoms with E-state index >= 15 is 0 Å². The first-order valence-corrected chi connectivity index (χ1v) is 5.96. The maximum Gasteiger partial charge on any atom is 0.241 e. The molecule has 16 heavy (non-hydrogen) atoms. The van der Waals surface area contributed by atoms with Crippen molar-refractivity contribution in [2.24, 2.45) is 0 Å². The Kier molecular flexibility index (Phi) is 3.20. The Balaban J connectivity index is 2.28. The van der Waals surface area contributed by atoms with Crippen LogP contribution in [0.15, 0.2) is 15.7 Å². The molecule has 0 radical (unpaired) electrons. The standard InChI is InChI=1S/C8H9N5OS2/c1-4-12-13-8(15-4)16-7-5(9)6(14-2)10-3-11-7/h3H,9H2,1-2H3. The van der Waals surface area contributed by atoms with Gasteiger partial charge in [0.25, 0.3) is 0 Å². The van der Waals surface area contributed by atoms with Crippen molar-refractivity contribution in [1.29, 1.82) is 0 Å². The zero-order valence-corrected chi connectivity index (χ0v) is 10.3. The minimum atomic E-state index is 0.374. The summed E-state index contributed by atoms with van der Waals surface area (Å²) in [5.41, 5.74) is 6.25. The minimum absolute atomic E-state index is 0.374. The van der Waals surface area contributed by atoms with Gasteiger partial charge in [-0.05, 0) is 18.7 Å². The van der Waals surface area contributed by atoms with Gasteiger partial charge in [0.2, 0.25) is 5.88 Å². The molecule has 0 saturated heterocycles. The van der Waals surface area contributed by atoms with Gasteiger partial charge in [0, 0.05) is 0 Å². The average Bonchev–Trinajstić information content (AvgIpc) is 2.67. The Hall–Kier alpha value is -1.41. The molecule has 2 aromatic heterocycles. The van der Waals surface area contributed by atoms with Crippen LogP contribution in [0.2, 0.25) is 0 Å². The lowest BCUT2D eigenvalue weighted by Crippen LogP contribution is -1.98. The lowest BCUT2D eigenvalue weighted by molar-refractivity contribution is 0.397. The van der Waals surface area contributed by atoms with Crippen LogP contribution in [0.1, 0.15) is 5.01 Å². The molecule has 0 unspecified atom stereocenters. The van der Waals surface area contributed by atoms with Crippen LogP contribution in [-0.2, 0) is 0 Å². The van der Waals surface area contributed by atoms with Crippen molar-refractivity contribution in [2.75, 3.05) is 12.8 Å². The molecule has 0 aliphatic carbocycles. The number of rotatable bonds is 3. The van der Waals surface area contributed by atoms with Gasteiger partial charge >= 0.3 is 0 Å². The van der Waals surface area contributed by atoms with Gasteiger partial charge < -0.3 is 10.5 Å². The number of anilines is 1. The fourth-order valence-corrected chi connectivity index (χ4v) is 2.74. The second-order valence-electron chi connectivity index (χ2n) is 2.79. The molecule has 84 valence electrons. The molecule has 0 saturated carbocycles. The van der Waals surface area contributed by atoms with Crippen LogP contribution >= 0.6 is 23.1 Å². The molecule has 0 aliphatic rings. The first-order chi connectivity index (χ1) is 7.70. The van der Waals surface area contributed by atoms with E-state index in [0.717, 1.165) is 9.35 Å². The highest BCUT2D eigenvalue weighted by atomic mass is 32.2. The van der Waals surface area contributed by atoms with E-state index in [-0.39, 0.29) is 0 Å². The van der Waals surface area contributed by atoms with Gasteiger partial charge in [-0.2, -0.15) is 4.98 Å². The third kappa shape index (κ3) is 2.22. The van der Waals surface area contributed by atoms with Crippen molar-refractivity contribution in [1.82, 2.24) is 20.2 Å². The van der Waals surface area contributed by atoms with Crippen molar-refractivity contribution in [2.45, 2.75) is 16.3 Å². The van der Waals surface area contributed by atoms with Gasteiger partial charge in [-0.3, -0.25) is 0 Å². The molecule has 6 nitrogen and oxygen atoms in total. The number of hydrogen-bond acceptors (Lipinski definition) is 8. The summed E-state index contributed by atoms with van der Waals surface area (Å²) >= 11 is 2.84. The molecule has 2 heterocycles. The SMILES string of the molecule is COc1ncnc(Sc2nnc(C)s2)c1N. The number of aromatic nitrogens is 4. The second-order valence-corrected chi connectivity index (χ2v) is 5.21. The molecule has 2 aromatic rings. The summed E-state index contributed by atoms with van der Waals surface area (Å²) in [5.74, 6) is 0.374. The Labute approximate surface area is 100 Å². The number of ether oxygens (including phenoxy) is 1. The van der Waals surface area contributed by atoms with E-state index in [4.69, 9.17) is 10.5 Å². The van der Waals surface area contributed by atoms with E-state index in [2.05, 4.69) is 20.2 Å². The smallest absolute Gasteiger partial charge is 0.241 e.